The molecular formula is C15H31Cl2N3O. The second-order valence-corrected chi connectivity index (χ2v) is 6.29. The van der Waals surface area contributed by atoms with Gasteiger partial charge in [0, 0.05) is 6.54 Å². The van der Waals surface area contributed by atoms with Crippen LogP contribution in [0.25, 0.3) is 0 Å². The van der Waals surface area contributed by atoms with Crippen molar-refractivity contribution in [2.24, 2.45) is 11.7 Å². The summed E-state index contributed by atoms with van der Waals surface area (Å²) in [4.78, 5) is 14.6. The maximum atomic E-state index is 12.1. The third-order valence-electron chi connectivity index (χ3n) is 4.94. The van der Waals surface area contributed by atoms with Crippen LogP contribution in [0.4, 0.5) is 0 Å². The Balaban J connectivity index is 0.00000200. The Morgan fingerprint density at radius 2 is 1.81 bits per heavy atom. The normalized spacial score (nSPS) is 22.2. The molecule has 4 nitrogen and oxygen atoms in total. The van der Waals surface area contributed by atoms with Crippen LogP contribution in [0.2, 0.25) is 0 Å². The van der Waals surface area contributed by atoms with Crippen molar-refractivity contribution in [1.82, 2.24) is 10.2 Å². The lowest BCUT2D eigenvalue weighted by Gasteiger charge is -2.31. The summed E-state index contributed by atoms with van der Waals surface area (Å²) in [5, 5.41) is 3.06. The van der Waals surface area contributed by atoms with E-state index in [-0.39, 0.29) is 30.7 Å². The van der Waals surface area contributed by atoms with Gasteiger partial charge in [0.25, 0.3) is 0 Å². The molecule has 0 spiro atoms. The van der Waals surface area contributed by atoms with E-state index >= 15 is 0 Å². The van der Waals surface area contributed by atoms with Gasteiger partial charge in [0.15, 0.2) is 0 Å². The summed E-state index contributed by atoms with van der Waals surface area (Å²) in [6.45, 7) is 6.63. The first kappa shape index (κ1) is 21.0. The van der Waals surface area contributed by atoms with Crippen molar-refractivity contribution in [2.75, 3.05) is 26.2 Å². The van der Waals surface area contributed by atoms with E-state index in [0.29, 0.717) is 0 Å². The van der Waals surface area contributed by atoms with Crippen LogP contribution in [0.3, 0.4) is 0 Å². The topological polar surface area (TPSA) is 58.4 Å². The van der Waals surface area contributed by atoms with Crippen LogP contribution in [0.5, 0.6) is 0 Å². The van der Waals surface area contributed by atoms with Gasteiger partial charge in [0.2, 0.25) is 5.91 Å². The van der Waals surface area contributed by atoms with Crippen LogP contribution < -0.4 is 11.1 Å². The number of carbonyl (C=O) groups excluding carboxylic acids is 1. The number of hydrogen-bond acceptors (Lipinski definition) is 3. The van der Waals surface area contributed by atoms with Crippen molar-refractivity contribution in [3.63, 3.8) is 0 Å². The standard InChI is InChI=1S/C15H29N3O.2ClH/c1-2-18-11-6-13(7-12-18)5-10-17-14(19)15(16)8-3-4-9-15;;/h13H,2-12,16H2,1H3,(H,17,19);2*1H. The predicted molar refractivity (Wildman–Crippen MR) is 92.3 cm³/mol. The number of amides is 1. The SMILES string of the molecule is CCN1CCC(CCNC(=O)C2(N)CCCC2)CC1.Cl.Cl. The van der Waals surface area contributed by atoms with Crippen molar-refractivity contribution in [3.8, 4) is 0 Å². The van der Waals surface area contributed by atoms with Crippen LogP contribution >= 0.6 is 24.8 Å². The van der Waals surface area contributed by atoms with Gasteiger partial charge >= 0.3 is 0 Å². The third kappa shape index (κ3) is 5.93. The molecule has 0 atom stereocenters. The summed E-state index contributed by atoms with van der Waals surface area (Å²) >= 11 is 0. The molecule has 0 bridgehead atoms. The molecule has 0 unspecified atom stereocenters. The van der Waals surface area contributed by atoms with Gasteiger partial charge in [0.1, 0.15) is 0 Å². The second-order valence-electron chi connectivity index (χ2n) is 6.29. The summed E-state index contributed by atoms with van der Waals surface area (Å²) in [7, 11) is 0. The fourth-order valence-corrected chi connectivity index (χ4v) is 3.39. The first-order valence-electron chi connectivity index (χ1n) is 7.93. The van der Waals surface area contributed by atoms with Gasteiger partial charge in [-0.25, -0.2) is 0 Å². The number of nitrogens with one attached hydrogen (secondary N) is 1. The van der Waals surface area contributed by atoms with Crippen LogP contribution in [0.15, 0.2) is 0 Å². The molecule has 6 heteroatoms. The summed E-state index contributed by atoms with van der Waals surface area (Å²) < 4.78 is 0. The Morgan fingerprint density at radius 1 is 1.24 bits per heavy atom. The van der Waals surface area contributed by atoms with Crippen LogP contribution in [0, 0.1) is 5.92 Å². The van der Waals surface area contributed by atoms with Gasteiger partial charge in [-0.1, -0.05) is 19.8 Å². The molecule has 126 valence electrons. The Labute approximate surface area is 141 Å². The molecule has 0 radical (unpaired) electrons. The first-order valence-corrected chi connectivity index (χ1v) is 7.93. The molecule has 3 N–H and O–H groups in total. The molecule has 2 aliphatic rings. The summed E-state index contributed by atoms with van der Waals surface area (Å²) in [6, 6.07) is 0. The molecule has 2 fully saturated rings. The quantitative estimate of drug-likeness (QED) is 0.808. The maximum absolute atomic E-state index is 12.1. The van der Waals surface area contributed by atoms with Gasteiger partial charge in [-0.15, -0.1) is 24.8 Å². The van der Waals surface area contributed by atoms with E-state index in [1.54, 1.807) is 0 Å². The summed E-state index contributed by atoms with van der Waals surface area (Å²) in [6.07, 6.45) is 7.56. The fourth-order valence-electron chi connectivity index (χ4n) is 3.39. The minimum atomic E-state index is -0.564. The molecule has 1 amide bonds. The van der Waals surface area contributed by atoms with E-state index in [4.69, 9.17) is 5.73 Å². The van der Waals surface area contributed by atoms with Crippen molar-refractivity contribution in [2.45, 2.75) is 57.4 Å². The Bertz CT molecular complexity index is 301. The summed E-state index contributed by atoms with van der Waals surface area (Å²) in [5.74, 6) is 0.858. The highest BCUT2D eigenvalue weighted by Crippen LogP contribution is 2.27. The average molecular weight is 340 g/mol. The number of halogens is 2. The number of rotatable bonds is 5. The van der Waals surface area contributed by atoms with Gasteiger partial charge in [-0.2, -0.15) is 0 Å². The van der Waals surface area contributed by atoms with Crippen molar-refractivity contribution in [1.29, 1.82) is 0 Å². The van der Waals surface area contributed by atoms with Gasteiger partial charge in [-0.05, 0) is 57.7 Å². The minimum absolute atomic E-state index is 0. The number of likely N-dealkylation sites (tertiary alicyclic amines) is 1. The number of carbonyl (C=O) groups is 1. The molecule has 1 aliphatic heterocycles. The van der Waals surface area contributed by atoms with Crippen molar-refractivity contribution >= 4 is 30.7 Å². The molecule has 21 heavy (non-hydrogen) atoms. The first-order chi connectivity index (χ1) is 9.14. The van der Waals surface area contributed by atoms with Crippen molar-refractivity contribution < 1.29 is 4.79 Å². The smallest absolute Gasteiger partial charge is 0.240 e. The van der Waals surface area contributed by atoms with E-state index in [2.05, 4.69) is 17.1 Å². The molecule has 1 heterocycles. The minimum Gasteiger partial charge on any atom is -0.354 e. The maximum Gasteiger partial charge on any atom is 0.240 e. The zero-order valence-electron chi connectivity index (χ0n) is 13.1. The Kier molecular flexibility index (Phi) is 9.87. The lowest BCUT2D eigenvalue weighted by Crippen LogP contribution is -2.52. The van der Waals surface area contributed by atoms with Crippen LogP contribution in [-0.2, 0) is 4.79 Å². The van der Waals surface area contributed by atoms with Crippen molar-refractivity contribution in [3.05, 3.63) is 0 Å². The number of hydrogen-bond donors (Lipinski definition) is 2. The van der Waals surface area contributed by atoms with Gasteiger partial charge < -0.3 is 16.0 Å². The van der Waals surface area contributed by atoms with E-state index in [1.165, 1.54) is 32.5 Å². The molecule has 1 saturated heterocycles. The number of piperidine rings is 1. The summed E-state index contributed by atoms with van der Waals surface area (Å²) in [5.41, 5.74) is 5.58. The highest BCUT2D eigenvalue weighted by molar-refractivity contribution is 5.86. The van der Waals surface area contributed by atoms with Crippen LogP contribution in [-0.4, -0.2) is 42.5 Å². The second kappa shape index (κ2) is 9.88. The zero-order chi connectivity index (χ0) is 13.7. The van der Waals surface area contributed by atoms with Gasteiger partial charge in [0.05, 0.1) is 5.54 Å². The molecule has 1 aliphatic carbocycles. The van der Waals surface area contributed by atoms with E-state index < -0.39 is 5.54 Å². The molecule has 1 saturated carbocycles. The largest absolute Gasteiger partial charge is 0.354 e. The van der Waals surface area contributed by atoms with Gasteiger partial charge in [-0.3, -0.25) is 4.79 Å². The zero-order valence-corrected chi connectivity index (χ0v) is 14.7. The molecule has 0 aromatic rings. The highest BCUT2D eigenvalue weighted by atomic mass is 35.5. The lowest BCUT2D eigenvalue weighted by molar-refractivity contribution is -0.126. The monoisotopic (exact) mass is 339 g/mol. The molecule has 0 aromatic carbocycles. The Morgan fingerprint density at radius 3 is 2.33 bits per heavy atom. The number of nitrogens with two attached hydrogens (primary N) is 1. The van der Waals surface area contributed by atoms with E-state index in [1.807, 2.05) is 0 Å². The third-order valence-corrected chi connectivity index (χ3v) is 4.94. The molecule has 0 aromatic heterocycles. The van der Waals surface area contributed by atoms with Crippen LogP contribution in [0.1, 0.15) is 51.9 Å². The van der Waals surface area contributed by atoms with E-state index in [9.17, 15) is 4.79 Å². The fraction of sp³-hybridized carbons (Fsp3) is 0.933. The molecular weight excluding hydrogens is 309 g/mol. The van der Waals surface area contributed by atoms with E-state index in [0.717, 1.165) is 44.6 Å². The predicted octanol–water partition coefficient (Wildman–Crippen LogP) is 2.34. The molecule has 2 rings (SSSR count). The lowest BCUT2D eigenvalue weighted by atomic mass is 9.93. The average Bonchev–Trinajstić information content (AvgIpc) is 2.88. The highest BCUT2D eigenvalue weighted by Gasteiger charge is 2.36. The Hall–Kier alpha value is -0.0300. The number of nitrogens with zero attached hydrogens (tertiary/aromatic N) is 1.